The van der Waals surface area contributed by atoms with E-state index in [0.29, 0.717) is 0 Å². The van der Waals surface area contributed by atoms with Gasteiger partial charge in [-0.05, 0) is 39.0 Å². The summed E-state index contributed by atoms with van der Waals surface area (Å²) in [5, 5.41) is 9.84. The van der Waals surface area contributed by atoms with E-state index in [4.69, 9.17) is 0 Å². The van der Waals surface area contributed by atoms with E-state index in [1.807, 2.05) is 25.1 Å². The normalized spacial score (nSPS) is 12.3. The van der Waals surface area contributed by atoms with Gasteiger partial charge in [-0.2, -0.15) is 0 Å². The lowest BCUT2D eigenvalue weighted by Crippen LogP contribution is -2.25. The monoisotopic (exact) mass is 297 g/mol. The van der Waals surface area contributed by atoms with Gasteiger partial charge in [0.2, 0.25) is 0 Å². The molecule has 0 bridgehead atoms. The predicted molar refractivity (Wildman–Crippen MR) is 77.5 cm³/mol. The van der Waals surface area contributed by atoms with Crippen LogP contribution in [0.15, 0.2) is 34.8 Å². The SMILES string of the molecule is C=C(C)CN(CC)c1ccc(Br)cc1C(C)O. The summed E-state index contributed by atoms with van der Waals surface area (Å²) in [4.78, 5) is 2.22. The summed E-state index contributed by atoms with van der Waals surface area (Å²) in [7, 11) is 0. The van der Waals surface area contributed by atoms with Crippen LogP contribution in [-0.4, -0.2) is 18.2 Å². The van der Waals surface area contributed by atoms with Crippen LogP contribution in [0.1, 0.15) is 32.4 Å². The van der Waals surface area contributed by atoms with Crippen molar-refractivity contribution in [2.75, 3.05) is 18.0 Å². The van der Waals surface area contributed by atoms with Crippen molar-refractivity contribution in [3.8, 4) is 0 Å². The van der Waals surface area contributed by atoms with Crippen molar-refractivity contribution in [2.24, 2.45) is 0 Å². The van der Waals surface area contributed by atoms with Crippen molar-refractivity contribution in [3.05, 3.63) is 40.4 Å². The molecule has 1 N–H and O–H groups in total. The Hall–Kier alpha value is -0.800. The number of aliphatic hydroxyl groups excluding tert-OH is 1. The van der Waals surface area contributed by atoms with Crippen LogP contribution in [0.25, 0.3) is 0 Å². The summed E-state index contributed by atoms with van der Waals surface area (Å²) in [6.45, 7) is 11.6. The fourth-order valence-corrected chi connectivity index (χ4v) is 2.22. The van der Waals surface area contributed by atoms with Gasteiger partial charge in [0.05, 0.1) is 6.10 Å². The molecule has 0 heterocycles. The number of nitrogens with zero attached hydrogens (tertiary/aromatic N) is 1. The molecule has 0 saturated carbocycles. The first-order valence-electron chi connectivity index (χ1n) is 5.82. The lowest BCUT2D eigenvalue weighted by molar-refractivity contribution is 0.199. The molecular formula is C14H20BrNO. The molecule has 1 aromatic carbocycles. The number of rotatable bonds is 5. The second-order valence-corrected chi connectivity index (χ2v) is 5.27. The Morgan fingerprint density at radius 3 is 2.65 bits per heavy atom. The van der Waals surface area contributed by atoms with Crippen molar-refractivity contribution in [1.82, 2.24) is 0 Å². The molecule has 1 unspecified atom stereocenters. The van der Waals surface area contributed by atoms with Gasteiger partial charge in [-0.3, -0.25) is 0 Å². The van der Waals surface area contributed by atoms with E-state index < -0.39 is 6.10 Å². The summed E-state index contributed by atoms with van der Waals surface area (Å²) in [6, 6.07) is 6.02. The third-order valence-electron chi connectivity index (χ3n) is 2.62. The maximum atomic E-state index is 9.84. The van der Waals surface area contributed by atoms with Crippen molar-refractivity contribution in [1.29, 1.82) is 0 Å². The Labute approximate surface area is 112 Å². The van der Waals surface area contributed by atoms with Crippen molar-refractivity contribution in [2.45, 2.75) is 26.9 Å². The molecule has 0 aliphatic heterocycles. The highest BCUT2D eigenvalue weighted by molar-refractivity contribution is 9.10. The number of aliphatic hydroxyl groups is 1. The molecule has 0 aliphatic rings. The molecule has 17 heavy (non-hydrogen) atoms. The Balaban J connectivity index is 3.13. The maximum absolute atomic E-state index is 9.84. The van der Waals surface area contributed by atoms with Crippen LogP contribution < -0.4 is 4.90 Å². The zero-order chi connectivity index (χ0) is 13.0. The Morgan fingerprint density at radius 1 is 1.53 bits per heavy atom. The Morgan fingerprint density at radius 2 is 2.18 bits per heavy atom. The first-order valence-corrected chi connectivity index (χ1v) is 6.61. The molecule has 0 amide bonds. The highest BCUT2D eigenvalue weighted by Crippen LogP contribution is 2.29. The van der Waals surface area contributed by atoms with Gasteiger partial charge in [-0.15, -0.1) is 0 Å². The largest absolute Gasteiger partial charge is 0.389 e. The molecule has 0 aromatic heterocycles. The van der Waals surface area contributed by atoms with Crippen molar-refractivity contribution < 1.29 is 5.11 Å². The topological polar surface area (TPSA) is 23.5 Å². The molecule has 0 saturated heterocycles. The average molecular weight is 298 g/mol. The van der Waals surface area contributed by atoms with Crippen molar-refractivity contribution >= 4 is 21.6 Å². The summed E-state index contributed by atoms with van der Waals surface area (Å²) in [5.41, 5.74) is 3.14. The lowest BCUT2D eigenvalue weighted by atomic mass is 10.1. The van der Waals surface area contributed by atoms with Crippen LogP contribution in [0.2, 0.25) is 0 Å². The van der Waals surface area contributed by atoms with Crippen LogP contribution in [0.5, 0.6) is 0 Å². The van der Waals surface area contributed by atoms with E-state index in [9.17, 15) is 5.11 Å². The maximum Gasteiger partial charge on any atom is 0.0782 e. The minimum atomic E-state index is -0.471. The summed E-state index contributed by atoms with van der Waals surface area (Å²) in [5.74, 6) is 0. The number of benzene rings is 1. The van der Waals surface area contributed by atoms with Crippen LogP contribution in [0.3, 0.4) is 0 Å². The van der Waals surface area contributed by atoms with Gasteiger partial charge in [0, 0.05) is 28.8 Å². The minimum Gasteiger partial charge on any atom is -0.389 e. The van der Waals surface area contributed by atoms with Gasteiger partial charge in [0.25, 0.3) is 0 Å². The molecule has 0 radical (unpaired) electrons. The molecule has 0 aliphatic carbocycles. The molecule has 0 fully saturated rings. The van der Waals surface area contributed by atoms with Gasteiger partial charge < -0.3 is 10.0 Å². The van der Waals surface area contributed by atoms with Crippen LogP contribution in [0.4, 0.5) is 5.69 Å². The van der Waals surface area contributed by atoms with Gasteiger partial charge in [-0.25, -0.2) is 0 Å². The molecule has 2 nitrogen and oxygen atoms in total. The average Bonchev–Trinajstić information content (AvgIpc) is 2.25. The molecule has 1 atom stereocenters. The molecule has 3 heteroatoms. The highest BCUT2D eigenvalue weighted by atomic mass is 79.9. The van der Waals surface area contributed by atoms with E-state index in [0.717, 1.165) is 34.4 Å². The predicted octanol–water partition coefficient (Wildman–Crippen LogP) is 3.90. The smallest absolute Gasteiger partial charge is 0.0782 e. The van der Waals surface area contributed by atoms with Crippen LogP contribution in [-0.2, 0) is 0 Å². The Kier molecular flexibility index (Phi) is 5.22. The number of halogens is 1. The van der Waals surface area contributed by atoms with Crippen LogP contribution in [0, 0.1) is 0 Å². The van der Waals surface area contributed by atoms with Crippen LogP contribution >= 0.6 is 15.9 Å². The van der Waals surface area contributed by atoms with E-state index in [-0.39, 0.29) is 0 Å². The summed E-state index contributed by atoms with van der Waals surface area (Å²) in [6.07, 6.45) is -0.471. The Bertz CT molecular complexity index is 401. The highest BCUT2D eigenvalue weighted by Gasteiger charge is 2.13. The minimum absolute atomic E-state index is 0.471. The van der Waals surface area contributed by atoms with Gasteiger partial charge in [-0.1, -0.05) is 28.1 Å². The molecule has 1 aromatic rings. The molecular weight excluding hydrogens is 278 g/mol. The fourth-order valence-electron chi connectivity index (χ4n) is 1.84. The van der Waals surface area contributed by atoms with Gasteiger partial charge in [0.15, 0.2) is 0 Å². The molecule has 0 spiro atoms. The first-order chi connectivity index (χ1) is 7.95. The van der Waals surface area contributed by atoms with Crippen molar-refractivity contribution in [3.63, 3.8) is 0 Å². The molecule has 94 valence electrons. The number of anilines is 1. The fraction of sp³-hybridized carbons (Fsp3) is 0.429. The molecule has 1 rings (SSSR count). The number of hydrogen-bond acceptors (Lipinski definition) is 2. The third kappa shape index (κ3) is 3.86. The quantitative estimate of drug-likeness (QED) is 0.833. The first kappa shape index (κ1) is 14.3. The third-order valence-corrected chi connectivity index (χ3v) is 3.12. The van der Waals surface area contributed by atoms with Gasteiger partial charge in [0.1, 0.15) is 0 Å². The second kappa shape index (κ2) is 6.22. The standard InChI is InChI=1S/C14H20BrNO/c1-5-16(9-10(2)3)14-7-6-12(15)8-13(14)11(4)17/h6-8,11,17H,2,5,9H2,1,3-4H3. The van der Waals surface area contributed by atoms with E-state index in [2.05, 4.69) is 34.3 Å². The zero-order valence-electron chi connectivity index (χ0n) is 10.7. The van der Waals surface area contributed by atoms with E-state index in [1.54, 1.807) is 6.92 Å². The lowest BCUT2D eigenvalue weighted by Gasteiger charge is -2.27. The summed E-state index contributed by atoms with van der Waals surface area (Å²) >= 11 is 3.44. The number of likely N-dealkylation sites (N-methyl/N-ethyl adjacent to an activating group) is 1. The summed E-state index contributed by atoms with van der Waals surface area (Å²) < 4.78 is 0.989. The second-order valence-electron chi connectivity index (χ2n) is 4.35. The number of hydrogen-bond donors (Lipinski definition) is 1. The van der Waals surface area contributed by atoms with E-state index in [1.165, 1.54) is 0 Å². The van der Waals surface area contributed by atoms with Gasteiger partial charge >= 0.3 is 0 Å². The van der Waals surface area contributed by atoms with E-state index >= 15 is 0 Å². The zero-order valence-corrected chi connectivity index (χ0v) is 12.3.